The number of ether oxygens (including phenoxy) is 4. The number of hydrogen-bond acceptors (Lipinski definition) is 20. The zero-order valence-corrected chi connectivity index (χ0v) is 41.1. The minimum Gasteiger partial charge on any atom is -0.399 e. The van der Waals surface area contributed by atoms with Crippen LogP contribution in [0.1, 0.15) is 41.5 Å². The summed E-state index contributed by atoms with van der Waals surface area (Å²) in [4.78, 5) is 29.9. The van der Waals surface area contributed by atoms with Crippen molar-refractivity contribution in [1.29, 1.82) is 0 Å². The van der Waals surface area contributed by atoms with Crippen LogP contribution in [-0.2, 0) is 47.7 Å². The molecule has 66 heavy (non-hydrogen) atoms. The van der Waals surface area contributed by atoms with E-state index < -0.39 is 19.5 Å². The number of pyridine rings is 2. The summed E-state index contributed by atoms with van der Waals surface area (Å²) in [5.74, 6) is 3.51. The molecule has 0 aliphatic carbocycles. The van der Waals surface area contributed by atoms with E-state index in [4.69, 9.17) is 56.3 Å². The minimum atomic E-state index is -2.47. The number of anilines is 4. The summed E-state index contributed by atoms with van der Waals surface area (Å²) in [6.07, 6.45) is 6.57. The van der Waals surface area contributed by atoms with Gasteiger partial charge in [0, 0.05) is 55.7 Å². The van der Waals surface area contributed by atoms with Gasteiger partial charge in [-0.3, -0.25) is 0 Å². The summed E-state index contributed by atoms with van der Waals surface area (Å²) in [6, 6.07) is 11.0. The zero-order valence-electron chi connectivity index (χ0n) is 38.7. The summed E-state index contributed by atoms with van der Waals surface area (Å²) < 4.78 is 67.5. The third-order valence-electron chi connectivity index (χ3n) is 12.1. The maximum Gasteiger partial charge on any atom is 0.495 e. The highest BCUT2D eigenvalue weighted by Crippen LogP contribution is 2.36. The van der Waals surface area contributed by atoms with Crippen LogP contribution >= 0.6 is 11.6 Å². The lowest BCUT2D eigenvalue weighted by Gasteiger charge is -2.34. The van der Waals surface area contributed by atoms with Gasteiger partial charge >= 0.3 is 7.12 Å². The van der Waals surface area contributed by atoms with Crippen molar-refractivity contribution in [3.63, 3.8) is 0 Å². The lowest BCUT2D eigenvalue weighted by molar-refractivity contribution is 0.00578. The van der Waals surface area contributed by atoms with Crippen LogP contribution in [0.25, 0.3) is 11.4 Å². The van der Waals surface area contributed by atoms with Crippen LogP contribution in [0.4, 0.5) is 34.9 Å². The summed E-state index contributed by atoms with van der Waals surface area (Å²) in [5, 5.41) is -0.0183. The predicted octanol–water partition coefficient (Wildman–Crippen LogP) is 3.92. The van der Waals surface area contributed by atoms with E-state index in [2.05, 4.69) is 57.3 Å². The Morgan fingerprint density at radius 3 is 1.64 bits per heavy atom. The first-order valence-electron chi connectivity index (χ1n) is 21.7. The highest BCUT2D eigenvalue weighted by molar-refractivity contribution is 7.94. The second-order valence-electron chi connectivity index (χ2n) is 17.8. The summed E-state index contributed by atoms with van der Waals surface area (Å²) in [5.41, 5.74) is 12.5. The number of nitrogens with zero attached hydrogens (tertiary/aromatic N) is 10. The van der Waals surface area contributed by atoms with Gasteiger partial charge in [0.25, 0.3) is 0 Å². The smallest absolute Gasteiger partial charge is 0.399 e. The number of nitrogens with two attached hydrogens (primary N) is 2. The third-order valence-corrected chi connectivity index (χ3v) is 16.4. The summed E-state index contributed by atoms with van der Waals surface area (Å²) in [6.45, 7) is 18.1. The van der Waals surface area contributed by atoms with Crippen molar-refractivity contribution >= 4 is 78.5 Å². The maximum atomic E-state index is 13.0. The van der Waals surface area contributed by atoms with Gasteiger partial charge in [-0.05, 0) is 82.9 Å². The van der Waals surface area contributed by atoms with Gasteiger partial charge in [0.1, 0.15) is 23.3 Å². The second kappa shape index (κ2) is 20.5. The number of halogens is 1. The summed E-state index contributed by atoms with van der Waals surface area (Å²) in [7, 11) is -5.23. The minimum absolute atomic E-state index is 0.0491. The molecule has 5 aliphatic rings. The molecule has 4 aromatic rings. The topological polar surface area (TPSA) is 250 Å². The average molecular weight is 971 g/mol. The van der Waals surface area contributed by atoms with E-state index in [9.17, 15) is 8.42 Å². The van der Waals surface area contributed by atoms with Crippen LogP contribution in [0.5, 0.6) is 0 Å². The second-order valence-corrected chi connectivity index (χ2v) is 23.3. The van der Waals surface area contributed by atoms with Crippen molar-refractivity contribution in [2.75, 3.05) is 99.7 Å². The molecule has 5 aliphatic heterocycles. The van der Waals surface area contributed by atoms with Gasteiger partial charge in [0.15, 0.2) is 17.5 Å². The first-order valence-corrected chi connectivity index (χ1v) is 26.0. The molecule has 4 N–H and O–H groups in total. The molecule has 0 bridgehead atoms. The molecular weight excluding hydrogens is 911 g/mol. The molecule has 5 fully saturated rings. The lowest BCUT2D eigenvalue weighted by Crippen LogP contribution is -2.44. The molecule has 24 heteroatoms. The molecule has 9 heterocycles. The van der Waals surface area contributed by atoms with Crippen LogP contribution in [0.2, 0.25) is 5.28 Å². The van der Waals surface area contributed by atoms with Gasteiger partial charge in [0.2, 0.25) is 5.28 Å². The number of morpholine rings is 2. The Morgan fingerprint density at radius 1 is 0.682 bits per heavy atom. The van der Waals surface area contributed by atoms with E-state index in [1.165, 1.54) is 0 Å². The molecule has 5 saturated heterocycles. The first kappa shape index (κ1) is 49.6. The molecule has 0 amide bonds. The number of rotatable bonds is 8. The lowest BCUT2D eigenvalue weighted by atomic mass is 9.80. The molecule has 4 atom stereocenters. The Kier molecular flexibility index (Phi) is 15.4. The van der Waals surface area contributed by atoms with Gasteiger partial charge in [-0.2, -0.15) is 13.7 Å². The van der Waals surface area contributed by atoms with E-state index in [-0.39, 0.29) is 46.2 Å². The monoisotopic (exact) mass is 970 g/mol. The van der Waals surface area contributed by atoms with Crippen molar-refractivity contribution in [2.24, 2.45) is 8.73 Å². The number of hydrogen-bond donors (Lipinski definition) is 2. The van der Waals surface area contributed by atoms with Crippen LogP contribution in [0.3, 0.4) is 0 Å². The number of aromatic nitrogens is 6. The molecule has 0 spiro atoms. The van der Waals surface area contributed by atoms with Crippen molar-refractivity contribution in [2.45, 2.75) is 75.3 Å². The van der Waals surface area contributed by atoms with Crippen molar-refractivity contribution in [3.05, 3.63) is 54.1 Å². The molecular formula is C42H60BClN12O8S2. The fourth-order valence-electron chi connectivity index (χ4n) is 7.10. The molecule has 358 valence electrons. The SMILES string of the molecule is CC1(C)OB(c2ccnc(N)c2)OC1(C)C.C[C@@H]1COCCN1c1cc(N=S(C)(=O)C2COC2)nc(-c2ccnc(N)c2)n1.C[C@@H]1COCCN1c1cc(N=S(C)(=O)C2COC2)nc(Cl)n1. The van der Waals surface area contributed by atoms with E-state index in [1.807, 2.05) is 33.8 Å². The average Bonchev–Trinajstić information content (AvgIpc) is 3.42. The van der Waals surface area contributed by atoms with Crippen LogP contribution < -0.4 is 26.7 Å². The zero-order chi connectivity index (χ0) is 47.4. The van der Waals surface area contributed by atoms with Gasteiger partial charge in [-0.1, -0.05) is 0 Å². The van der Waals surface area contributed by atoms with Crippen molar-refractivity contribution in [3.8, 4) is 11.4 Å². The van der Waals surface area contributed by atoms with Crippen LogP contribution in [0, 0.1) is 0 Å². The Hall–Kier alpha value is -4.33. The highest BCUT2D eigenvalue weighted by Gasteiger charge is 2.51. The Morgan fingerprint density at radius 2 is 1.17 bits per heavy atom. The van der Waals surface area contributed by atoms with E-state index >= 15 is 0 Å². The van der Waals surface area contributed by atoms with Crippen molar-refractivity contribution < 1.29 is 36.7 Å². The maximum absolute atomic E-state index is 13.0. The summed E-state index contributed by atoms with van der Waals surface area (Å²) >= 11 is 6.02. The Bertz CT molecular complexity index is 2590. The standard InChI is InChI=1S/C18H24N6O3S.C13H19ClN4O3S.C11H17BN2O2/c1-12-9-26-6-5-24(12)17-8-16(23-28(2,25)14-10-27-11-14)21-18(22-17)13-3-4-20-15(19)7-13;1-9-6-20-4-3-18(9)12-5-11(15-13(14)16-12)17-22(2,19)10-7-21-8-10;1-10(2)11(3,4)16-12(15-10)8-5-6-14-9(13)7-8/h3-4,7-8,12,14H,5-6,9-11H2,1-2H3,(H2,19,20);5,9-10H,3-4,6-8H2,1-2H3;5-7H,1-4H3,(H2,13,14)/t12-,28?;9-,22?;/m11./s1. The Labute approximate surface area is 392 Å². The number of nitrogen functional groups attached to an aromatic ring is 2. The largest absolute Gasteiger partial charge is 0.495 e. The third kappa shape index (κ3) is 12.0. The molecule has 2 unspecified atom stereocenters. The van der Waals surface area contributed by atoms with E-state index in [0.29, 0.717) is 94.3 Å². The quantitative estimate of drug-likeness (QED) is 0.188. The van der Waals surface area contributed by atoms with E-state index in [1.54, 1.807) is 55.2 Å². The van der Waals surface area contributed by atoms with Gasteiger partial charge < -0.3 is 49.5 Å². The van der Waals surface area contributed by atoms with Crippen LogP contribution in [0.15, 0.2) is 57.5 Å². The molecule has 0 saturated carbocycles. The normalized spacial score (nSPS) is 23.4. The highest BCUT2D eigenvalue weighted by atomic mass is 35.5. The van der Waals surface area contributed by atoms with Gasteiger partial charge in [0.05, 0.1) is 106 Å². The molecule has 0 radical (unpaired) electrons. The Balaban J connectivity index is 0.000000153. The van der Waals surface area contributed by atoms with Gasteiger partial charge in [-0.15, -0.1) is 0 Å². The van der Waals surface area contributed by atoms with Gasteiger partial charge in [-0.25, -0.2) is 33.3 Å². The van der Waals surface area contributed by atoms with E-state index in [0.717, 1.165) is 23.4 Å². The molecule has 9 rings (SSSR count). The molecule has 4 aromatic heterocycles. The van der Waals surface area contributed by atoms with Crippen LogP contribution in [-0.4, -0.2) is 158 Å². The fraction of sp³-hybridized carbons (Fsp3) is 0.571. The molecule has 0 aromatic carbocycles. The predicted molar refractivity (Wildman–Crippen MR) is 258 cm³/mol. The fourth-order valence-corrected chi connectivity index (χ4v) is 9.90. The molecule has 20 nitrogen and oxygen atoms in total. The first-order chi connectivity index (χ1) is 31.2. The van der Waals surface area contributed by atoms with Crippen molar-refractivity contribution in [1.82, 2.24) is 29.9 Å².